The summed E-state index contributed by atoms with van der Waals surface area (Å²) in [5.41, 5.74) is 0.400. The fourth-order valence-electron chi connectivity index (χ4n) is 1.18. The van der Waals surface area contributed by atoms with Crippen molar-refractivity contribution in [3.8, 4) is 5.75 Å². The zero-order valence-electron chi connectivity index (χ0n) is 11.3. The third kappa shape index (κ3) is 3.28. The van der Waals surface area contributed by atoms with Crippen LogP contribution in [0, 0.1) is 0 Å². The third-order valence-corrected chi connectivity index (χ3v) is 8.15. The Balaban J connectivity index is 3.23. The van der Waals surface area contributed by atoms with Gasteiger partial charge in [-0.15, -0.1) is 0 Å². The molecule has 0 bridgehead atoms. The SMILES string of the molecule is CC(C)(C)[Si](C)(C)Oc1c(Cl)cc(Cl)cc1C=O. The summed E-state index contributed by atoms with van der Waals surface area (Å²) in [7, 11) is -2.03. The molecule has 1 aromatic rings. The van der Waals surface area contributed by atoms with Gasteiger partial charge in [0.25, 0.3) is 8.32 Å². The van der Waals surface area contributed by atoms with E-state index in [0.29, 0.717) is 21.4 Å². The monoisotopic (exact) mass is 304 g/mol. The minimum atomic E-state index is -2.03. The summed E-state index contributed by atoms with van der Waals surface area (Å²) in [5.74, 6) is 0.447. The van der Waals surface area contributed by atoms with Crippen LogP contribution in [0.4, 0.5) is 0 Å². The predicted octanol–water partition coefficient (Wildman–Crippen LogP) is 5.19. The Morgan fingerprint density at radius 2 is 1.78 bits per heavy atom. The van der Waals surface area contributed by atoms with Crippen molar-refractivity contribution in [2.75, 3.05) is 0 Å². The Bertz CT molecular complexity index is 465. The molecule has 0 saturated carbocycles. The largest absolute Gasteiger partial charge is 0.542 e. The average Bonchev–Trinajstić information content (AvgIpc) is 2.19. The number of carbonyl (C=O) groups is 1. The van der Waals surface area contributed by atoms with Crippen molar-refractivity contribution in [3.63, 3.8) is 0 Å². The van der Waals surface area contributed by atoms with Crippen LogP contribution in [0.25, 0.3) is 0 Å². The number of halogens is 2. The lowest BCUT2D eigenvalue weighted by Gasteiger charge is -2.37. The van der Waals surface area contributed by atoms with E-state index in [2.05, 4.69) is 33.9 Å². The maximum atomic E-state index is 11.1. The van der Waals surface area contributed by atoms with Crippen LogP contribution in [0.1, 0.15) is 31.1 Å². The summed E-state index contributed by atoms with van der Waals surface area (Å²) in [6.45, 7) is 10.6. The molecule has 100 valence electrons. The minimum absolute atomic E-state index is 0.0378. The molecular weight excluding hydrogens is 287 g/mol. The van der Waals surface area contributed by atoms with E-state index in [0.717, 1.165) is 6.29 Å². The zero-order chi connectivity index (χ0) is 14.1. The molecule has 1 rings (SSSR count). The molecule has 0 aliphatic rings. The lowest BCUT2D eigenvalue weighted by atomic mass is 10.2. The maximum Gasteiger partial charge on any atom is 0.250 e. The molecule has 0 spiro atoms. The minimum Gasteiger partial charge on any atom is -0.542 e. The van der Waals surface area contributed by atoms with Gasteiger partial charge >= 0.3 is 0 Å². The Kier molecular flexibility index (Phi) is 4.52. The molecule has 0 radical (unpaired) electrons. The molecule has 0 unspecified atom stereocenters. The van der Waals surface area contributed by atoms with Crippen LogP contribution >= 0.6 is 23.2 Å². The number of carbonyl (C=O) groups excluding carboxylic acids is 1. The van der Waals surface area contributed by atoms with Crippen LogP contribution in [-0.4, -0.2) is 14.6 Å². The van der Waals surface area contributed by atoms with E-state index >= 15 is 0 Å². The Morgan fingerprint density at radius 3 is 2.22 bits per heavy atom. The van der Waals surface area contributed by atoms with Gasteiger partial charge in [0, 0.05) is 5.02 Å². The molecule has 0 aliphatic carbocycles. The molecule has 0 fully saturated rings. The Hall–Kier alpha value is -0.513. The molecule has 18 heavy (non-hydrogen) atoms. The van der Waals surface area contributed by atoms with E-state index in [4.69, 9.17) is 27.6 Å². The molecule has 1 aromatic carbocycles. The highest BCUT2D eigenvalue weighted by Gasteiger charge is 2.39. The van der Waals surface area contributed by atoms with E-state index in [1.165, 1.54) is 0 Å². The highest BCUT2D eigenvalue weighted by atomic mass is 35.5. The van der Waals surface area contributed by atoms with Gasteiger partial charge in [-0.3, -0.25) is 4.79 Å². The molecule has 0 heterocycles. The molecule has 0 amide bonds. The lowest BCUT2D eigenvalue weighted by Crippen LogP contribution is -2.44. The predicted molar refractivity (Wildman–Crippen MR) is 79.7 cm³/mol. The number of benzene rings is 1. The Labute approximate surface area is 119 Å². The summed E-state index contributed by atoms with van der Waals surface area (Å²) < 4.78 is 6.09. The number of hydrogen-bond donors (Lipinski definition) is 0. The highest BCUT2D eigenvalue weighted by molar-refractivity contribution is 6.74. The maximum absolute atomic E-state index is 11.1. The van der Waals surface area contributed by atoms with Gasteiger partial charge in [0.15, 0.2) is 6.29 Å². The highest BCUT2D eigenvalue weighted by Crippen LogP contribution is 2.41. The van der Waals surface area contributed by atoms with E-state index < -0.39 is 8.32 Å². The van der Waals surface area contributed by atoms with Gasteiger partial charge in [0.05, 0.1) is 10.6 Å². The summed E-state index contributed by atoms with van der Waals surface area (Å²) in [4.78, 5) is 11.1. The molecule has 5 heteroatoms. The third-order valence-electron chi connectivity index (χ3n) is 3.33. The molecule has 0 aliphatic heterocycles. The van der Waals surface area contributed by atoms with E-state index in [9.17, 15) is 4.79 Å². The first-order valence-corrected chi connectivity index (χ1v) is 9.38. The summed E-state index contributed by atoms with van der Waals surface area (Å²) in [6, 6.07) is 3.17. The van der Waals surface area contributed by atoms with Crippen LogP contribution < -0.4 is 4.43 Å². The first-order valence-electron chi connectivity index (χ1n) is 5.72. The summed E-state index contributed by atoms with van der Waals surface area (Å²) in [6.07, 6.45) is 0.722. The van der Waals surface area contributed by atoms with Crippen molar-refractivity contribution in [3.05, 3.63) is 27.7 Å². The first-order chi connectivity index (χ1) is 8.08. The van der Waals surface area contributed by atoms with Gasteiger partial charge < -0.3 is 4.43 Å². The van der Waals surface area contributed by atoms with Crippen LogP contribution in [-0.2, 0) is 0 Å². The van der Waals surface area contributed by atoms with Gasteiger partial charge in [0.1, 0.15) is 5.75 Å². The fourth-order valence-corrected chi connectivity index (χ4v) is 2.84. The average molecular weight is 305 g/mol. The van der Waals surface area contributed by atoms with Crippen LogP contribution in [0.2, 0.25) is 28.2 Å². The molecular formula is C13H18Cl2O2Si. The van der Waals surface area contributed by atoms with Crippen molar-refractivity contribution in [1.29, 1.82) is 0 Å². The second kappa shape index (κ2) is 5.23. The van der Waals surface area contributed by atoms with E-state index in [-0.39, 0.29) is 5.04 Å². The van der Waals surface area contributed by atoms with Crippen molar-refractivity contribution < 1.29 is 9.22 Å². The topological polar surface area (TPSA) is 26.3 Å². The molecule has 0 atom stereocenters. The smallest absolute Gasteiger partial charge is 0.250 e. The van der Waals surface area contributed by atoms with Crippen molar-refractivity contribution >= 4 is 37.8 Å². The van der Waals surface area contributed by atoms with Crippen molar-refractivity contribution in [2.24, 2.45) is 0 Å². The molecule has 0 aromatic heterocycles. The molecule has 2 nitrogen and oxygen atoms in total. The number of hydrogen-bond acceptors (Lipinski definition) is 2. The van der Waals surface area contributed by atoms with Crippen LogP contribution in [0.5, 0.6) is 5.75 Å². The van der Waals surface area contributed by atoms with Gasteiger partial charge in [-0.05, 0) is 30.3 Å². The quantitative estimate of drug-likeness (QED) is 0.567. The van der Waals surface area contributed by atoms with Crippen LogP contribution in [0.3, 0.4) is 0 Å². The van der Waals surface area contributed by atoms with Crippen molar-refractivity contribution in [2.45, 2.75) is 38.9 Å². The first kappa shape index (κ1) is 15.5. The second-order valence-electron chi connectivity index (χ2n) is 5.79. The molecule has 0 saturated heterocycles. The summed E-state index contributed by atoms with van der Waals surface area (Å²) >= 11 is 12.0. The number of rotatable bonds is 3. The van der Waals surface area contributed by atoms with Crippen LogP contribution in [0.15, 0.2) is 12.1 Å². The molecule has 0 N–H and O–H groups in total. The van der Waals surface area contributed by atoms with E-state index in [1.54, 1.807) is 12.1 Å². The fraction of sp³-hybridized carbons (Fsp3) is 0.462. The second-order valence-corrected chi connectivity index (χ2v) is 11.4. The van der Waals surface area contributed by atoms with E-state index in [1.807, 2.05) is 0 Å². The van der Waals surface area contributed by atoms with Crippen molar-refractivity contribution in [1.82, 2.24) is 0 Å². The number of aldehydes is 1. The zero-order valence-corrected chi connectivity index (χ0v) is 13.8. The Morgan fingerprint density at radius 1 is 1.22 bits per heavy atom. The van der Waals surface area contributed by atoms with Gasteiger partial charge in [-0.2, -0.15) is 0 Å². The normalized spacial score (nSPS) is 12.4. The lowest BCUT2D eigenvalue weighted by molar-refractivity contribution is 0.112. The van der Waals surface area contributed by atoms with Gasteiger partial charge in [0.2, 0.25) is 0 Å². The van der Waals surface area contributed by atoms with Gasteiger partial charge in [-0.25, -0.2) is 0 Å². The standard InChI is InChI=1S/C13H18Cl2O2Si/c1-13(2,3)18(4,5)17-12-9(8-16)6-10(14)7-11(12)15/h6-8H,1-5H3. The summed E-state index contributed by atoms with van der Waals surface area (Å²) in [5, 5.41) is 0.856. The van der Waals surface area contributed by atoms with Gasteiger partial charge in [-0.1, -0.05) is 44.0 Å².